The highest BCUT2D eigenvalue weighted by Crippen LogP contribution is 2.34. The average Bonchev–Trinajstić information content (AvgIpc) is 2.75. The van der Waals surface area contributed by atoms with E-state index in [9.17, 15) is 4.79 Å². The fourth-order valence-corrected chi connectivity index (χ4v) is 3.51. The summed E-state index contributed by atoms with van der Waals surface area (Å²) >= 11 is 0. The molecule has 0 spiro atoms. The molecule has 28 heavy (non-hydrogen) atoms. The highest BCUT2D eigenvalue weighted by molar-refractivity contribution is 5.94. The molecule has 6 heteroatoms. The van der Waals surface area contributed by atoms with Gasteiger partial charge in [-0.2, -0.15) is 0 Å². The van der Waals surface area contributed by atoms with Crippen molar-refractivity contribution in [2.24, 2.45) is 0 Å². The molecule has 3 rings (SSSR count). The molecule has 1 aromatic carbocycles. The average molecular weight is 383 g/mol. The molecule has 0 bridgehead atoms. The van der Waals surface area contributed by atoms with Crippen molar-refractivity contribution in [3.63, 3.8) is 0 Å². The summed E-state index contributed by atoms with van der Waals surface area (Å²) in [5.74, 6) is 1.44. The van der Waals surface area contributed by atoms with Crippen LogP contribution in [0.1, 0.15) is 47.7 Å². The van der Waals surface area contributed by atoms with Crippen LogP contribution < -0.4 is 19.7 Å². The molecule has 6 nitrogen and oxygen atoms in total. The van der Waals surface area contributed by atoms with Crippen LogP contribution in [-0.2, 0) is 13.0 Å². The predicted molar refractivity (Wildman–Crippen MR) is 110 cm³/mol. The van der Waals surface area contributed by atoms with Crippen LogP contribution in [-0.4, -0.2) is 38.2 Å². The molecule has 1 amide bonds. The van der Waals surface area contributed by atoms with Gasteiger partial charge in [-0.05, 0) is 42.2 Å². The predicted octanol–water partition coefficient (Wildman–Crippen LogP) is 3.58. The van der Waals surface area contributed by atoms with Gasteiger partial charge in [0.2, 0.25) is 0 Å². The van der Waals surface area contributed by atoms with Crippen molar-refractivity contribution >= 4 is 11.6 Å². The number of unbranched alkanes of at least 4 members (excludes halogenated alkanes) is 2. The number of carbonyl (C=O) groups is 1. The number of nitrogens with zero attached hydrogens (tertiary/aromatic N) is 2. The number of pyridine rings is 1. The number of rotatable bonds is 8. The second-order valence-electron chi connectivity index (χ2n) is 7.04. The van der Waals surface area contributed by atoms with Crippen LogP contribution in [0.25, 0.3) is 0 Å². The standard InChI is InChI=1S/C22H29N3O3/c1-4-5-6-8-24-22(26)17-10-19(14-23-13-17)25-9-7-16-11-20(27-2)21(28-3)12-18(16)15-25/h10-14H,4-9,15H2,1-3H3,(H,24,26). The van der Waals surface area contributed by atoms with Crippen LogP contribution in [0.15, 0.2) is 30.6 Å². The number of ether oxygens (including phenoxy) is 2. The maximum Gasteiger partial charge on any atom is 0.252 e. The van der Waals surface area contributed by atoms with E-state index < -0.39 is 0 Å². The lowest BCUT2D eigenvalue weighted by Gasteiger charge is -2.31. The molecule has 0 saturated carbocycles. The summed E-state index contributed by atoms with van der Waals surface area (Å²) in [6.07, 6.45) is 7.62. The van der Waals surface area contributed by atoms with E-state index >= 15 is 0 Å². The fraction of sp³-hybridized carbons (Fsp3) is 0.455. The van der Waals surface area contributed by atoms with Gasteiger partial charge in [-0.15, -0.1) is 0 Å². The molecule has 0 atom stereocenters. The van der Waals surface area contributed by atoms with E-state index in [0.717, 1.165) is 56.0 Å². The lowest BCUT2D eigenvalue weighted by Crippen LogP contribution is -2.31. The summed E-state index contributed by atoms with van der Waals surface area (Å²) in [6, 6.07) is 6.02. The molecule has 1 aliphatic rings. The number of anilines is 1. The molecule has 1 aromatic heterocycles. The molecule has 150 valence electrons. The number of hydrogen-bond donors (Lipinski definition) is 1. The number of amides is 1. The second kappa shape index (κ2) is 9.44. The summed E-state index contributed by atoms with van der Waals surface area (Å²) in [5, 5.41) is 2.98. The van der Waals surface area contributed by atoms with Crippen molar-refractivity contribution in [2.45, 2.75) is 39.2 Å². The van der Waals surface area contributed by atoms with Crippen LogP contribution in [0.3, 0.4) is 0 Å². The minimum Gasteiger partial charge on any atom is -0.493 e. The molecule has 2 aromatic rings. The number of methoxy groups -OCH3 is 2. The Balaban J connectivity index is 1.72. The lowest BCUT2D eigenvalue weighted by atomic mass is 9.98. The van der Waals surface area contributed by atoms with Gasteiger partial charge >= 0.3 is 0 Å². The van der Waals surface area contributed by atoms with Gasteiger partial charge in [0.05, 0.1) is 31.7 Å². The Labute approximate surface area is 166 Å². The molecule has 0 fully saturated rings. The van der Waals surface area contributed by atoms with Crippen molar-refractivity contribution in [3.8, 4) is 11.5 Å². The van der Waals surface area contributed by atoms with Gasteiger partial charge in [0.25, 0.3) is 5.91 Å². The molecule has 0 aliphatic carbocycles. The summed E-state index contributed by atoms with van der Waals surface area (Å²) in [6.45, 7) is 4.47. The zero-order chi connectivity index (χ0) is 19.9. The van der Waals surface area contributed by atoms with E-state index in [-0.39, 0.29) is 5.91 Å². The highest BCUT2D eigenvalue weighted by Gasteiger charge is 2.20. The van der Waals surface area contributed by atoms with Crippen molar-refractivity contribution in [1.82, 2.24) is 10.3 Å². The Hall–Kier alpha value is -2.76. The van der Waals surface area contributed by atoms with Gasteiger partial charge in [-0.1, -0.05) is 19.8 Å². The van der Waals surface area contributed by atoms with Crippen LogP contribution in [0, 0.1) is 0 Å². The van der Waals surface area contributed by atoms with Gasteiger partial charge in [-0.3, -0.25) is 9.78 Å². The Morgan fingerprint density at radius 3 is 2.57 bits per heavy atom. The largest absolute Gasteiger partial charge is 0.493 e. The van der Waals surface area contributed by atoms with Crippen LogP contribution >= 0.6 is 0 Å². The Morgan fingerprint density at radius 1 is 1.11 bits per heavy atom. The first kappa shape index (κ1) is 20.0. The van der Waals surface area contributed by atoms with E-state index in [1.807, 2.05) is 18.3 Å². The molecule has 1 aliphatic heterocycles. The summed E-state index contributed by atoms with van der Waals surface area (Å²) in [4.78, 5) is 18.9. The summed E-state index contributed by atoms with van der Waals surface area (Å²) in [7, 11) is 3.31. The Morgan fingerprint density at radius 2 is 1.86 bits per heavy atom. The molecule has 0 radical (unpaired) electrons. The molecule has 1 N–H and O–H groups in total. The summed E-state index contributed by atoms with van der Waals surface area (Å²) < 4.78 is 10.9. The molecular weight excluding hydrogens is 354 g/mol. The quantitative estimate of drug-likeness (QED) is 0.706. The third-order valence-corrected chi connectivity index (χ3v) is 5.14. The smallest absolute Gasteiger partial charge is 0.252 e. The first-order valence-corrected chi connectivity index (χ1v) is 9.88. The number of aromatic nitrogens is 1. The van der Waals surface area contributed by atoms with Crippen LogP contribution in [0.2, 0.25) is 0 Å². The lowest BCUT2D eigenvalue weighted by molar-refractivity contribution is 0.0952. The van der Waals surface area contributed by atoms with E-state index in [4.69, 9.17) is 9.47 Å². The van der Waals surface area contributed by atoms with E-state index in [1.54, 1.807) is 20.4 Å². The highest BCUT2D eigenvalue weighted by atomic mass is 16.5. The van der Waals surface area contributed by atoms with Crippen LogP contribution in [0.5, 0.6) is 11.5 Å². The zero-order valence-electron chi connectivity index (χ0n) is 17.0. The minimum absolute atomic E-state index is 0.0609. The van der Waals surface area contributed by atoms with Crippen molar-refractivity contribution < 1.29 is 14.3 Å². The van der Waals surface area contributed by atoms with Crippen LogP contribution in [0.4, 0.5) is 5.69 Å². The maximum atomic E-state index is 12.4. The molecule has 2 heterocycles. The Bertz CT molecular complexity index is 823. The maximum absolute atomic E-state index is 12.4. The van der Waals surface area contributed by atoms with E-state index in [1.165, 1.54) is 11.1 Å². The van der Waals surface area contributed by atoms with E-state index in [0.29, 0.717) is 12.1 Å². The van der Waals surface area contributed by atoms with Crippen molar-refractivity contribution in [1.29, 1.82) is 0 Å². The number of fused-ring (bicyclic) bond motifs is 1. The molecule has 0 saturated heterocycles. The Kier molecular flexibility index (Phi) is 6.74. The van der Waals surface area contributed by atoms with Gasteiger partial charge in [-0.25, -0.2) is 0 Å². The first-order chi connectivity index (χ1) is 13.7. The minimum atomic E-state index is -0.0609. The topological polar surface area (TPSA) is 63.7 Å². The number of nitrogens with one attached hydrogen (secondary N) is 1. The first-order valence-electron chi connectivity index (χ1n) is 9.88. The van der Waals surface area contributed by atoms with Gasteiger partial charge < -0.3 is 19.7 Å². The van der Waals surface area contributed by atoms with Crippen molar-refractivity contribution in [3.05, 3.63) is 47.3 Å². The second-order valence-corrected chi connectivity index (χ2v) is 7.04. The van der Waals surface area contributed by atoms with E-state index in [2.05, 4.69) is 28.2 Å². The van der Waals surface area contributed by atoms with Crippen molar-refractivity contribution in [2.75, 3.05) is 32.2 Å². The SMILES string of the molecule is CCCCCNC(=O)c1cncc(N2CCc3cc(OC)c(OC)cc3C2)c1. The zero-order valence-corrected chi connectivity index (χ0v) is 17.0. The molecule has 0 unspecified atom stereocenters. The monoisotopic (exact) mass is 383 g/mol. The molecular formula is C22H29N3O3. The number of hydrogen-bond acceptors (Lipinski definition) is 5. The van der Waals surface area contributed by atoms with Gasteiger partial charge in [0.1, 0.15) is 0 Å². The van der Waals surface area contributed by atoms with Gasteiger partial charge in [0, 0.05) is 25.8 Å². The fourth-order valence-electron chi connectivity index (χ4n) is 3.51. The third-order valence-electron chi connectivity index (χ3n) is 5.14. The number of carbonyl (C=O) groups excluding carboxylic acids is 1. The third kappa shape index (κ3) is 4.55. The normalized spacial score (nSPS) is 13.0. The van der Waals surface area contributed by atoms with Gasteiger partial charge in [0.15, 0.2) is 11.5 Å². The number of benzene rings is 1. The summed E-state index contributed by atoms with van der Waals surface area (Å²) in [5.41, 5.74) is 4.04.